The number of methoxy groups -OCH3 is 1. The molecule has 2 rings (SSSR count). The fourth-order valence-corrected chi connectivity index (χ4v) is 1.56. The lowest BCUT2D eigenvalue weighted by Gasteiger charge is -2.19. The second-order valence-corrected chi connectivity index (χ2v) is 3.68. The summed E-state index contributed by atoms with van der Waals surface area (Å²) < 4.78 is 10.3. The predicted octanol–water partition coefficient (Wildman–Crippen LogP) is 0.785. The second kappa shape index (κ2) is 6.01. The molecule has 102 valence electrons. The molecule has 19 heavy (non-hydrogen) atoms. The van der Waals surface area contributed by atoms with Crippen LogP contribution >= 0.6 is 0 Å². The minimum atomic E-state index is 0.204. The van der Waals surface area contributed by atoms with Crippen molar-refractivity contribution in [3.63, 3.8) is 0 Å². The van der Waals surface area contributed by atoms with Crippen LogP contribution in [0.15, 0.2) is 22.8 Å². The molecule has 0 unspecified atom stereocenters. The van der Waals surface area contributed by atoms with Gasteiger partial charge >= 0.3 is 6.01 Å². The van der Waals surface area contributed by atoms with E-state index in [-0.39, 0.29) is 12.0 Å². The lowest BCUT2D eigenvalue weighted by atomic mass is 10.4. The second-order valence-electron chi connectivity index (χ2n) is 3.68. The summed E-state index contributed by atoms with van der Waals surface area (Å²) in [6, 6.07) is 3.93. The Labute approximate surface area is 110 Å². The molecule has 0 saturated carbocycles. The van der Waals surface area contributed by atoms with Gasteiger partial charge in [-0.25, -0.2) is 5.84 Å². The molecule has 0 spiro atoms. The maximum absolute atomic E-state index is 5.32. The van der Waals surface area contributed by atoms with Crippen LogP contribution in [0.3, 0.4) is 0 Å². The van der Waals surface area contributed by atoms with E-state index in [1.807, 2.05) is 24.0 Å². The molecule has 0 aliphatic rings. The van der Waals surface area contributed by atoms with Gasteiger partial charge in [0.25, 0.3) is 0 Å². The molecule has 0 aliphatic heterocycles. The third-order valence-electron chi connectivity index (χ3n) is 2.51. The van der Waals surface area contributed by atoms with Crippen molar-refractivity contribution in [3.05, 3.63) is 24.2 Å². The molecular formula is C11H16N6O2. The zero-order chi connectivity index (χ0) is 13.7. The van der Waals surface area contributed by atoms with Gasteiger partial charge < -0.3 is 14.1 Å². The van der Waals surface area contributed by atoms with Crippen LogP contribution in [0, 0.1) is 0 Å². The first-order valence-electron chi connectivity index (χ1n) is 5.80. The SMILES string of the molecule is CCN(Cc1ccco1)c1nc(NN)nc(OC)n1. The number of ether oxygens (including phenoxy) is 1. The van der Waals surface area contributed by atoms with E-state index in [4.69, 9.17) is 15.0 Å². The number of rotatable bonds is 6. The third kappa shape index (κ3) is 3.10. The van der Waals surface area contributed by atoms with Gasteiger partial charge in [-0.1, -0.05) is 0 Å². The van der Waals surface area contributed by atoms with Gasteiger partial charge in [-0.05, 0) is 19.1 Å². The molecule has 8 nitrogen and oxygen atoms in total. The minimum absolute atomic E-state index is 0.204. The Morgan fingerprint density at radius 3 is 2.84 bits per heavy atom. The van der Waals surface area contributed by atoms with Gasteiger partial charge in [-0.2, -0.15) is 15.0 Å². The Morgan fingerprint density at radius 2 is 2.26 bits per heavy atom. The maximum atomic E-state index is 5.32. The summed E-state index contributed by atoms with van der Waals surface area (Å²) >= 11 is 0. The average Bonchev–Trinajstić information content (AvgIpc) is 2.97. The standard InChI is InChI=1S/C11H16N6O2/c1-3-17(7-8-5-4-6-19-8)10-13-9(16-12)14-11(15-10)18-2/h4-6H,3,7,12H2,1-2H3,(H,13,14,15,16). The normalized spacial score (nSPS) is 10.3. The van der Waals surface area contributed by atoms with Crippen LogP contribution in [0.1, 0.15) is 12.7 Å². The lowest BCUT2D eigenvalue weighted by Crippen LogP contribution is -2.25. The molecule has 2 aromatic heterocycles. The van der Waals surface area contributed by atoms with Crippen molar-refractivity contribution in [2.24, 2.45) is 5.84 Å². The highest BCUT2D eigenvalue weighted by molar-refractivity contribution is 5.37. The molecule has 0 amide bonds. The highest BCUT2D eigenvalue weighted by atomic mass is 16.5. The first-order valence-corrected chi connectivity index (χ1v) is 5.80. The van der Waals surface area contributed by atoms with Crippen LogP contribution in [0.25, 0.3) is 0 Å². The summed E-state index contributed by atoms with van der Waals surface area (Å²) in [5, 5.41) is 0. The van der Waals surface area contributed by atoms with Gasteiger partial charge in [0.15, 0.2) is 0 Å². The van der Waals surface area contributed by atoms with Crippen LogP contribution in [0.5, 0.6) is 6.01 Å². The number of nitrogens with two attached hydrogens (primary N) is 1. The smallest absolute Gasteiger partial charge is 0.322 e. The highest BCUT2D eigenvalue weighted by Gasteiger charge is 2.13. The van der Waals surface area contributed by atoms with Gasteiger partial charge in [-0.3, -0.25) is 5.43 Å². The number of hydrogen-bond acceptors (Lipinski definition) is 8. The van der Waals surface area contributed by atoms with Crippen molar-refractivity contribution >= 4 is 11.9 Å². The zero-order valence-corrected chi connectivity index (χ0v) is 10.8. The first kappa shape index (κ1) is 13.1. The fraction of sp³-hybridized carbons (Fsp3) is 0.364. The Kier molecular flexibility index (Phi) is 4.14. The van der Waals surface area contributed by atoms with Crippen LogP contribution in [0.4, 0.5) is 11.9 Å². The molecular weight excluding hydrogens is 248 g/mol. The molecule has 0 aromatic carbocycles. The van der Waals surface area contributed by atoms with E-state index in [1.54, 1.807) is 6.26 Å². The number of anilines is 2. The number of aromatic nitrogens is 3. The van der Waals surface area contributed by atoms with E-state index in [2.05, 4.69) is 20.4 Å². The first-order chi connectivity index (χ1) is 9.26. The van der Waals surface area contributed by atoms with Crippen LogP contribution in [-0.4, -0.2) is 28.6 Å². The molecule has 0 aliphatic carbocycles. The monoisotopic (exact) mass is 264 g/mol. The van der Waals surface area contributed by atoms with Gasteiger partial charge in [0, 0.05) is 6.54 Å². The average molecular weight is 264 g/mol. The summed E-state index contributed by atoms with van der Waals surface area (Å²) in [6.45, 7) is 3.26. The fourth-order valence-electron chi connectivity index (χ4n) is 1.56. The zero-order valence-electron chi connectivity index (χ0n) is 10.8. The number of nitrogens with one attached hydrogen (secondary N) is 1. The topological polar surface area (TPSA) is 102 Å². The quantitative estimate of drug-likeness (QED) is 0.583. The van der Waals surface area contributed by atoms with Crippen LogP contribution in [-0.2, 0) is 6.54 Å². The summed E-state index contributed by atoms with van der Waals surface area (Å²) in [4.78, 5) is 14.3. The molecule has 0 bridgehead atoms. The van der Waals surface area contributed by atoms with E-state index in [0.29, 0.717) is 19.0 Å². The summed E-state index contributed by atoms with van der Waals surface area (Å²) in [5.74, 6) is 6.87. The maximum Gasteiger partial charge on any atom is 0.322 e. The van der Waals surface area contributed by atoms with E-state index in [9.17, 15) is 0 Å². The van der Waals surface area contributed by atoms with Gasteiger partial charge in [0.05, 0.1) is 19.9 Å². The highest BCUT2D eigenvalue weighted by Crippen LogP contribution is 2.16. The number of nitrogen functional groups attached to an aromatic ring is 1. The van der Waals surface area contributed by atoms with Gasteiger partial charge in [0.2, 0.25) is 11.9 Å². The van der Waals surface area contributed by atoms with Crippen LogP contribution < -0.4 is 20.9 Å². The molecule has 0 atom stereocenters. The largest absolute Gasteiger partial charge is 0.467 e. The lowest BCUT2D eigenvalue weighted by molar-refractivity contribution is 0.378. The summed E-state index contributed by atoms with van der Waals surface area (Å²) in [7, 11) is 1.49. The molecule has 0 saturated heterocycles. The Hall–Kier alpha value is -2.35. The van der Waals surface area contributed by atoms with Crippen LogP contribution in [0.2, 0.25) is 0 Å². The van der Waals surface area contributed by atoms with E-state index < -0.39 is 0 Å². The van der Waals surface area contributed by atoms with Crippen molar-refractivity contribution in [1.82, 2.24) is 15.0 Å². The Balaban J connectivity index is 2.26. The Morgan fingerprint density at radius 1 is 1.42 bits per heavy atom. The van der Waals surface area contributed by atoms with E-state index in [1.165, 1.54) is 7.11 Å². The van der Waals surface area contributed by atoms with Gasteiger partial charge in [0.1, 0.15) is 5.76 Å². The number of hydrogen-bond donors (Lipinski definition) is 2. The molecule has 3 N–H and O–H groups in total. The Bertz CT molecular complexity index is 494. The van der Waals surface area contributed by atoms with Crippen molar-refractivity contribution < 1.29 is 9.15 Å². The number of nitrogens with zero attached hydrogens (tertiary/aromatic N) is 4. The molecule has 2 aromatic rings. The van der Waals surface area contributed by atoms with E-state index in [0.717, 1.165) is 5.76 Å². The molecule has 0 fully saturated rings. The van der Waals surface area contributed by atoms with Crippen molar-refractivity contribution in [3.8, 4) is 6.01 Å². The van der Waals surface area contributed by atoms with Crippen molar-refractivity contribution in [2.75, 3.05) is 24.0 Å². The molecule has 2 heterocycles. The third-order valence-corrected chi connectivity index (χ3v) is 2.51. The number of furan rings is 1. The minimum Gasteiger partial charge on any atom is -0.467 e. The number of hydrazine groups is 1. The van der Waals surface area contributed by atoms with Crippen molar-refractivity contribution in [2.45, 2.75) is 13.5 Å². The predicted molar refractivity (Wildman–Crippen MR) is 69.6 cm³/mol. The summed E-state index contributed by atoms with van der Waals surface area (Å²) in [5.41, 5.74) is 2.39. The molecule has 0 radical (unpaired) electrons. The van der Waals surface area contributed by atoms with E-state index >= 15 is 0 Å². The van der Waals surface area contributed by atoms with Crippen molar-refractivity contribution in [1.29, 1.82) is 0 Å². The van der Waals surface area contributed by atoms with Gasteiger partial charge in [-0.15, -0.1) is 0 Å². The molecule has 8 heteroatoms. The summed E-state index contributed by atoms with van der Waals surface area (Å²) in [6.07, 6.45) is 1.63.